The zero-order valence-electron chi connectivity index (χ0n) is 17.9. The molecule has 4 rings (SSSR count). The number of aliphatic hydroxyl groups is 1. The summed E-state index contributed by atoms with van der Waals surface area (Å²) in [6.45, 7) is 2.10. The number of rotatable bonds is 6. The quantitative estimate of drug-likeness (QED) is 0.346. The normalized spacial score (nSPS) is 17.6. The molecule has 1 amide bonds. The van der Waals surface area contributed by atoms with Gasteiger partial charge in [-0.25, -0.2) is 0 Å². The molecule has 0 aliphatic carbocycles. The van der Waals surface area contributed by atoms with Gasteiger partial charge in [0, 0.05) is 23.8 Å². The molecule has 1 unspecified atom stereocenters. The van der Waals surface area contributed by atoms with E-state index in [0.29, 0.717) is 11.5 Å². The van der Waals surface area contributed by atoms with E-state index in [1.54, 1.807) is 36.7 Å². The van der Waals surface area contributed by atoms with E-state index in [9.17, 15) is 14.7 Å². The second-order valence-electron chi connectivity index (χ2n) is 7.29. The van der Waals surface area contributed by atoms with E-state index in [1.165, 1.54) is 30.5 Å². The molecule has 7 nitrogen and oxygen atoms in total. The van der Waals surface area contributed by atoms with Gasteiger partial charge in [0.25, 0.3) is 11.7 Å². The second kappa shape index (κ2) is 8.84. The number of aryl methyl sites for hydroxylation is 1. The number of ketones is 1. The van der Waals surface area contributed by atoms with Crippen LogP contribution >= 0.6 is 11.3 Å². The van der Waals surface area contributed by atoms with Crippen LogP contribution in [0.2, 0.25) is 0 Å². The Labute approximate surface area is 189 Å². The Morgan fingerprint density at radius 2 is 1.84 bits per heavy atom. The minimum Gasteiger partial charge on any atom is -0.506 e. The molecule has 32 heavy (non-hydrogen) atoms. The fourth-order valence-corrected chi connectivity index (χ4v) is 4.93. The Morgan fingerprint density at radius 1 is 1.12 bits per heavy atom. The lowest BCUT2D eigenvalue weighted by Crippen LogP contribution is -2.29. The van der Waals surface area contributed by atoms with Crippen LogP contribution in [-0.4, -0.2) is 40.9 Å². The molecule has 0 spiro atoms. The Bertz CT molecular complexity index is 1180. The van der Waals surface area contributed by atoms with E-state index in [0.717, 1.165) is 16.0 Å². The first-order valence-electron chi connectivity index (χ1n) is 9.90. The highest BCUT2D eigenvalue weighted by molar-refractivity contribution is 7.10. The number of aromatic nitrogens is 1. The molecular weight excluding hydrogens is 428 g/mol. The summed E-state index contributed by atoms with van der Waals surface area (Å²) in [5, 5.41) is 13.3. The molecule has 164 valence electrons. The zero-order valence-corrected chi connectivity index (χ0v) is 18.7. The summed E-state index contributed by atoms with van der Waals surface area (Å²) in [5.74, 6) is -1.09. The van der Waals surface area contributed by atoms with Gasteiger partial charge in [0.15, 0.2) is 0 Å². The van der Waals surface area contributed by atoms with E-state index in [2.05, 4.69) is 4.98 Å². The number of thiophene rings is 1. The van der Waals surface area contributed by atoms with Gasteiger partial charge < -0.3 is 19.5 Å². The molecule has 1 aromatic carbocycles. The number of carbonyl (C=O) groups is 2. The smallest absolute Gasteiger partial charge is 0.295 e. The summed E-state index contributed by atoms with van der Waals surface area (Å²) in [6.07, 6.45) is 3.30. The maximum absolute atomic E-state index is 13.2. The van der Waals surface area contributed by atoms with E-state index >= 15 is 0 Å². The lowest BCUT2D eigenvalue weighted by atomic mass is 9.97. The standard InChI is InChI=1S/C24H22N2O5S/c1-14-9-11-32-23(14)20-19(21(27)18-16(30-2)7-4-8-17(18)31-3)22(28)24(29)26(20)13-15-6-5-10-25-12-15/h4-12,20,27H,13H2,1-3H3/b21-19+. The number of pyridine rings is 1. The van der Waals surface area contributed by atoms with Crippen molar-refractivity contribution in [3.05, 3.63) is 81.3 Å². The van der Waals surface area contributed by atoms with E-state index in [1.807, 2.05) is 24.4 Å². The van der Waals surface area contributed by atoms with Crippen LogP contribution in [0.3, 0.4) is 0 Å². The molecular formula is C24H22N2O5S. The molecule has 8 heteroatoms. The highest BCUT2D eigenvalue weighted by atomic mass is 32.1. The molecule has 0 saturated carbocycles. The summed E-state index contributed by atoms with van der Waals surface area (Å²) >= 11 is 1.43. The van der Waals surface area contributed by atoms with Crippen molar-refractivity contribution in [1.29, 1.82) is 0 Å². The van der Waals surface area contributed by atoms with Crippen molar-refractivity contribution in [2.45, 2.75) is 19.5 Å². The molecule has 0 radical (unpaired) electrons. The van der Waals surface area contributed by atoms with Crippen LogP contribution in [0.1, 0.15) is 27.6 Å². The minimum absolute atomic E-state index is 0.00670. The molecule has 1 aliphatic rings. The van der Waals surface area contributed by atoms with Gasteiger partial charge in [0.05, 0.1) is 19.8 Å². The largest absolute Gasteiger partial charge is 0.506 e. The van der Waals surface area contributed by atoms with Crippen molar-refractivity contribution in [1.82, 2.24) is 9.88 Å². The topological polar surface area (TPSA) is 89.0 Å². The molecule has 3 aromatic rings. The molecule has 2 aromatic heterocycles. The van der Waals surface area contributed by atoms with Crippen molar-refractivity contribution in [2.24, 2.45) is 0 Å². The number of carbonyl (C=O) groups excluding carboxylic acids is 2. The summed E-state index contributed by atoms with van der Waals surface area (Å²) in [5.41, 5.74) is 1.95. The maximum atomic E-state index is 13.2. The Hall–Kier alpha value is -3.65. The SMILES string of the molecule is COc1cccc(OC)c1/C(O)=C1\C(=O)C(=O)N(Cc2cccnc2)C1c1sccc1C. The molecule has 1 fully saturated rings. The van der Waals surface area contributed by atoms with Gasteiger partial charge in [0.2, 0.25) is 0 Å². The average Bonchev–Trinajstić information content (AvgIpc) is 3.34. The first kappa shape index (κ1) is 21.6. The lowest BCUT2D eigenvalue weighted by Gasteiger charge is -2.25. The Balaban J connectivity index is 1.94. The number of methoxy groups -OCH3 is 2. The number of hydrogen-bond donors (Lipinski definition) is 1. The molecule has 0 bridgehead atoms. The van der Waals surface area contributed by atoms with Crippen molar-refractivity contribution in [3.63, 3.8) is 0 Å². The number of nitrogens with zero attached hydrogens (tertiary/aromatic N) is 2. The van der Waals surface area contributed by atoms with E-state index in [4.69, 9.17) is 9.47 Å². The number of amides is 1. The maximum Gasteiger partial charge on any atom is 0.295 e. The van der Waals surface area contributed by atoms with Gasteiger partial charge in [-0.1, -0.05) is 12.1 Å². The predicted molar refractivity (Wildman–Crippen MR) is 121 cm³/mol. The third-order valence-electron chi connectivity index (χ3n) is 5.43. The third kappa shape index (κ3) is 3.62. The molecule has 1 atom stereocenters. The van der Waals surface area contributed by atoms with E-state index in [-0.39, 0.29) is 23.4 Å². The highest BCUT2D eigenvalue weighted by Crippen LogP contribution is 2.45. The second-order valence-corrected chi connectivity index (χ2v) is 8.24. The lowest BCUT2D eigenvalue weighted by molar-refractivity contribution is -0.140. The number of aliphatic hydroxyl groups excluding tert-OH is 1. The van der Waals surface area contributed by atoms with Crippen LogP contribution in [0.15, 0.2) is 59.7 Å². The van der Waals surface area contributed by atoms with Gasteiger partial charge in [0.1, 0.15) is 28.9 Å². The molecule has 1 N–H and O–H groups in total. The zero-order chi connectivity index (χ0) is 22.8. The van der Waals surface area contributed by atoms with Crippen LogP contribution in [0.4, 0.5) is 0 Å². The van der Waals surface area contributed by atoms with Crippen molar-refractivity contribution in [3.8, 4) is 11.5 Å². The fraction of sp³-hybridized carbons (Fsp3) is 0.208. The van der Waals surface area contributed by atoms with Gasteiger partial charge in [-0.15, -0.1) is 11.3 Å². The molecule has 1 aliphatic heterocycles. The molecule has 3 heterocycles. The van der Waals surface area contributed by atoms with E-state index < -0.39 is 17.7 Å². The minimum atomic E-state index is -0.753. The highest BCUT2D eigenvalue weighted by Gasteiger charge is 2.47. The van der Waals surface area contributed by atoms with Crippen LogP contribution in [0.5, 0.6) is 11.5 Å². The predicted octanol–water partition coefficient (Wildman–Crippen LogP) is 4.09. The summed E-state index contributed by atoms with van der Waals surface area (Å²) in [4.78, 5) is 32.8. The van der Waals surface area contributed by atoms with Gasteiger partial charge in [-0.05, 0) is 47.7 Å². The van der Waals surface area contributed by atoms with Crippen molar-refractivity contribution < 1.29 is 24.2 Å². The number of ether oxygens (including phenoxy) is 2. The summed E-state index contributed by atoms with van der Waals surface area (Å²) in [7, 11) is 2.93. The van der Waals surface area contributed by atoms with Crippen LogP contribution in [0, 0.1) is 6.92 Å². The van der Waals surface area contributed by atoms with Gasteiger partial charge in [-0.3, -0.25) is 14.6 Å². The summed E-state index contributed by atoms with van der Waals surface area (Å²) in [6, 6.07) is 9.84. The monoisotopic (exact) mass is 450 g/mol. The number of hydrogen-bond acceptors (Lipinski definition) is 7. The number of likely N-dealkylation sites (tertiary alicyclic amines) is 1. The first-order chi connectivity index (χ1) is 15.5. The van der Waals surface area contributed by atoms with Crippen LogP contribution < -0.4 is 9.47 Å². The number of benzene rings is 1. The van der Waals surface area contributed by atoms with Crippen molar-refractivity contribution >= 4 is 28.8 Å². The van der Waals surface area contributed by atoms with Gasteiger partial charge >= 0.3 is 0 Å². The van der Waals surface area contributed by atoms with Gasteiger partial charge in [-0.2, -0.15) is 0 Å². The molecule has 1 saturated heterocycles. The fourth-order valence-electron chi connectivity index (χ4n) is 3.89. The Morgan fingerprint density at radius 3 is 2.41 bits per heavy atom. The number of Topliss-reactive ketones (excluding diaryl/α,β-unsaturated/α-hetero) is 1. The van der Waals surface area contributed by atoms with Crippen LogP contribution in [-0.2, 0) is 16.1 Å². The summed E-state index contributed by atoms with van der Waals surface area (Å²) < 4.78 is 10.8. The Kier molecular flexibility index (Phi) is 5.96. The average molecular weight is 451 g/mol. The first-order valence-corrected chi connectivity index (χ1v) is 10.8. The van der Waals surface area contributed by atoms with Crippen molar-refractivity contribution in [2.75, 3.05) is 14.2 Å². The third-order valence-corrected chi connectivity index (χ3v) is 6.50. The van der Waals surface area contributed by atoms with Crippen LogP contribution in [0.25, 0.3) is 5.76 Å².